The van der Waals surface area contributed by atoms with Crippen molar-refractivity contribution in [2.24, 2.45) is 0 Å². The van der Waals surface area contributed by atoms with Gasteiger partial charge in [-0.25, -0.2) is 0 Å². The van der Waals surface area contributed by atoms with Gasteiger partial charge in [0.2, 0.25) is 16.9 Å². The second-order valence-corrected chi connectivity index (χ2v) is 7.13. The highest BCUT2D eigenvalue weighted by Crippen LogP contribution is 2.34. The number of hydrogen-bond donors (Lipinski definition) is 1. The topological polar surface area (TPSA) is 112 Å². The van der Waals surface area contributed by atoms with Crippen molar-refractivity contribution in [1.29, 1.82) is 0 Å². The SMILES string of the molecule is COc1ccc(-c2nnc([C@H](C)Sc3nnnn3-c3ccc(O)cc3)o2)cc1. The van der Waals surface area contributed by atoms with Gasteiger partial charge in [0.1, 0.15) is 11.5 Å². The van der Waals surface area contributed by atoms with E-state index in [2.05, 4.69) is 25.7 Å². The van der Waals surface area contributed by atoms with E-state index in [1.165, 1.54) is 11.8 Å². The fraction of sp³-hybridized carbons (Fsp3) is 0.167. The van der Waals surface area contributed by atoms with Crippen LogP contribution in [-0.4, -0.2) is 42.6 Å². The second kappa shape index (κ2) is 7.69. The summed E-state index contributed by atoms with van der Waals surface area (Å²) in [5.41, 5.74) is 1.55. The van der Waals surface area contributed by atoms with Gasteiger partial charge in [-0.2, -0.15) is 4.68 Å². The van der Waals surface area contributed by atoms with Crippen molar-refractivity contribution < 1.29 is 14.3 Å². The lowest BCUT2D eigenvalue weighted by Gasteiger charge is -2.07. The van der Waals surface area contributed by atoms with Crippen LogP contribution in [0.1, 0.15) is 18.1 Å². The van der Waals surface area contributed by atoms with E-state index in [4.69, 9.17) is 9.15 Å². The molecule has 0 fully saturated rings. The van der Waals surface area contributed by atoms with Crippen molar-refractivity contribution in [3.8, 4) is 28.6 Å². The predicted octanol–water partition coefficient (Wildman–Crippen LogP) is 3.28. The minimum absolute atomic E-state index is 0.165. The van der Waals surface area contributed by atoms with Crippen LogP contribution in [0.2, 0.25) is 0 Å². The lowest BCUT2D eigenvalue weighted by Crippen LogP contribution is -2.00. The van der Waals surface area contributed by atoms with Crippen molar-refractivity contribution in [1.82, 2.24) is 30.4 Å². The number of methoxy groups -OCH3 is 1. The molecule has 0 aliphatic heterocycles. The molecule has 9 nitrogen and oxygen atoms in total. The highest BCUT2D eigenvalue weighted by Gasteiger charge is 2.20. The Morgan fingerprint density at radius 2 is 1.79 bits per heavy atom. The lowest BCUT2D eigenvalue weighted by atomic mass is 10.2. The van der Waals surface area contributed by atoms with Gasteiger partial charge in [0, 0.05) is 5.56 Å². The Labute approximate surface area is 164 Å². The number of phenols is 1. The maximum atomic E-state index is 9.44. The predicted molar refractivity (Wildman–Crippen MR) is 101 cm³/mol. The molecule has 0 spiro atoms. The molecule has 0 radical (unpaired) electrons. The van der Waals surface area contributed by atoms with Gasteiger partial charge in [0.05, 0.1) is 18.0 Å². The fourth-order valence-electron chi connectivity index (χ4n) is 2.47. The van der Waals surface area contributed by atoms with E-state index >= 15 is 0 Å². The Morgan fingerprint density at radius 1 is 1.04 bits per heavy atom. The maximum Gasteiger partial charge on any atom is 0.247 e. The van der Waals surface area contributed by atoms with E-state index in [0.29, 0.717) is 16.9 Å². The number of rotatable bonds is 6. The summed E-state index contributed by atoms with van der Waals surface area (Å²) in [5.74, 6) is 1.84. The average Bonchev–Trinajstić information content (AvgIpc) is 3.39. The van der Waals surface area contributed by atoms with Crippen LogP contribution >= 0.6 is 11.8 Å². The maximum absolute atomic E-state index is 9.44. The van der Waals surface area contributed by atoms with E-state index < -0.39 is 0 Å². The molecule has 0 bridgehead atoms. The molecule has 0 aliphatic rings. The highest BCUT2D eigenvalue weighted by molar-refractivity contribution is 7.99. The molecule has 2 heterocycles. The normalized spacial score (nSPS) is 12.1. The van der Waals surface area contributed by atoms with E-state index in [1.54, 1.807) is 36.1 Å². The van der Waals surface area contributed by atoms with Crippen LogP contribution in [-0.2, 0) is 0 Å². The molecule has 2 aromatic heterocycles. The Bertz CT molecular complexity index is 1060. The van der Waals surface area contributed by atoms with E-state index in [-0.39, 0.29) is 11.0 Å². The number of aromatic hydroxyl groups is 1. The van der Waals surface area contributed by atoms with Crippen molar-refractivity contribution in [2.75, 3.05) is 7.11 Å². The van der Waals surface area contributed by atoms with Gasteiger partial charge >= 0.3 is 0 Å². The van der Waals surface area contributed by atoms with Gasteiger partial charge < -0.3 is 14.3 Å². The van der Waals surface area contributed by atoms with E-state index in [9.17, 15) is 5.11 Å². The van der Waals surface area contributed by atoms with Crippen LogP contribution in [0, 0.1) is 0 Å². The molecule has 0 saturated carbocycles. The largest absolute Gasteiger partial charge is 0.508 e. The third-order valence-electron chi connectivity index (χ3n) is 3.94. The van der Waals surface area contributed by atoms with E-state index in [0.717, 1.165) is 17.0 Å². The highest BCUT2D eigenvalue weighted by atomic mass is 32.2. The number of ether oxygens (including phenoxy) is 1. The zero-order chi connectivity index (χ0) is 19.5. The Kier molecular flexibility index (Phi) is 4.94. The molecule has 10 heteroatoms. The van der Waals surface area contributed by atoms with Crippen molar-refractivity contribution >= 4 is 11.8 Å². The van der Waals surface area contributed by atoms with Gasteiger partial charge in [-0.3, -0.25) is 0 Å². The smallest absolute Gasteiger partial charge is 0.247 e. The lowest BCUT2D eigenvalue weighted by molar-refractivity contribution is 0.415. The second-order valence-electron chi connectivity index (χ2n) is 5.82. The zero-order valence-corrected chi connectivity index (χ0v) is 15.9. The molecular formula is C18H16N6O3S. The summed E-state index contributed by atoms with van der Waals surface area (Å²) in [6, 6.07) is 14.0. The summed E-state index contributed by atoms with van der Waals surface area (Å²) in [5, 5.41) is 29.9. The monoisotopic (exact) mass is 396 g/mol. The summed E-state index contributed by atoms with van der Waals surface area (Å²) in [4.78, 5) is 0. The molecular weight excluding hydrogens is 380 g/mol. The first-order valence-electron chi connectivity index (χ1n) is 8.36. The molecule has 4 aromatic rings. The summed E-state index contributed by atoms with van der Waals surface area (Å²) in [7, 11) is 1.62. The average molecular weight is 396 g/mol. The number of tetrazole rings is 1. The third kappa shape index (κ3) is 3.67. The van der Waals surface area contributed by atoms with Gasteiger partial charge in [-0.15, -0.1) is 15.3 Å². The first-order valence-corrected chi connectivity index (χ1v) is 9.24. The molecule has 0 aliphatic carbocycles. The first kappa shape index (κ1) is 18.0. The molecule has 0 saturated heterocycles. The minimum atomic E-state index is -0.165. The van der Waals surface area contributed by atoms with Gasteiger partial charge in [-0.05, 0) is 65.9 Å². The van der Waals surface area contributed by atoms with Crippen molar-refractivity contribution in [2.45, 2.75) is 17.3 Å². The molecule has 2 aromatic carbocycles. The molecule has 142 valence electrons. The quantitative estimate of drug-likeness (QED) is 0.491. The summed E-state index contributed by atoms with van der Waals surface area (Å²) in [6.45, 7) is 1.94. The first-order chi connectivity index (χ1) is 13.6. The molecule has 1 atom stereocenters. The summed E-state index contributed by atoms with van der Waals surface area (Å²) >= 11 is 1.39. The number of nitrogens with zero attached hydrogens (tertiary/aromatic N) is 6. The van der Waals surface area contributed by atoms with Crippen LogP contribution in [0.15, 0.2) is 58.1 Å². The number of benzene rings is 2. The standard InChI is InChI=1S/C18H16N6O3S/c1-11(16-19-20-17(27-16)12-3-9-15(26-2)10-4-12)28-18-21-22-23-24(18)13-5-7-14(25)8-6-13/h3-11,25H,1-2H3/t11-/m0/s1. The zero-order valence-electron chi connectivity index (χ0n) is 15.1. The Hall–Kier alpha value is -3.40. The molecule has 0 unspecified atom stereocenters. The molecule has 0 amide bonds. The molecule has 28 heavy (non-hydrogen) atoms. The summed E-state index contributed by atoms with van der Waals surface area (Å²) < 4.78 is 12.6. The van der Waals surface area contributed by atoms with Crippen LogP contribution in [0.5, 0.6) is 11.5 Å². The van der Waals surface area contributed by atoms with Crippen molar-refractivity contribution in [3.05, 3.63) is 54.4 Å². The van der Waals surface area contributed by atoms with Gasteiger partial charge in [-0.1, -0.05) is 11.8 Å². The van der Waals surface area contributed by atoms with Crippen molar-refractivity contribution in [3.63, 3.8) is 0 Å². The number of phenolic OH excluding ortho intramolecular Hbond substituents is 1. The number of thioether (sulfide) groups is 1. The minimum Gasteiger partial charge on any atom is -0.508 e. The summed E-state index contributed by atoms with van der Waals surface area (Å²) in [6.07, 6.45) is 0. The molecule has 4 rings (SSSR count). The Balaban J connectivity index is 1.52. The van der Waals surface area contributed by atoms with Crippen LogP contribution in [0.4, 0.5) is 0 Å². The van der Waals surface area contributed by atoms with Gasteiger partial charge in [0.25, 0.3) is 0 Å². The number of aromatic nitrogens is 6. The number of hydrogen-bond acceptors (Lipinski definition) is 9. The molecule has 1 N–H and O–H groups in total. The fourth-order valence-corrected chi connectivity index (χ4v) is 3.30. The van der Waals surface area contributed by atoms with Crippen LogP contribution < -0.4 is 4.74 Å². The van der Waals surface area contributed by atoms with E-state index in [1.807, 2.05) is 31.2 Å². The van der Waals surface area contributed by atoms with Gasteiger partial charge in [0.15, 0.2) is 0 Å². The van der Waals surface area contributed by atoms with Crippen LogP contribution in [0.3, 0.4) is 0 Å². The Morgan fingerprint density at radius 3 is 2.50 bits per heavy atom. The van der Waals surface area contributed by atoms with Crippen LogP contribution in [0.25, 0.3) is 17.1 Å². The third-order valence-corrected chi connectivity index (χ3v) is 4.96.